The van der Waals surface area contributed by atoms with Crippen molar-refractivity contribution in [2.45, 2.75) is 31.6 Å². The van der Waals surface area contributed by atoms with Crippen molar-refractivity contribution in [3.8, 4) is 5.75 Å². The molecule has 7 nitrogen and oxygen atoms in total. The topological polar surface area (TPSA) is 122 Å². The zero-order valence-corrected chi connectivity index (χ0v) is 13.7. The lowest BCUT2D eigenvalue weighted by Gasteiger charge is -2.18. The molecule has 0 aliphatic carbocycles. The fraction of sp³-hybridized carbons (Fsp3) is 0.467. The second kappa shape index (κ2) is 10.5. The van der Waals surface area contributed by atoms with Gasteiger partial charge in [0.2, 0.25) is 5.91 Å². The molecule has 0 heterocycles. The zero-order chi connectivity index (χ0) is 19.6. The molecule has 0 fully saturated rings. The average Bonchev–Trinajstić information content (AvgIpc) is 2.54. The lowest BCUT2D eigenvalue weighted by Crippen LogP contribution is -2.42. The van der Waals surface area contributed by atoms with Gasteiger partial charge < -0.3 is 26.0 Å². The highest BCUT2D eigenvalue weighted by molar-refractivity contribution is 5.81. The number of methoxy groups -OCH3 is 1. The van der Waals surface area contributed by atoms with E-state index in [1.807, 2.05) is 31.2 Å². The third kappa shape index (κ3) is 8.91. The Morgan fingerprint density at radius 1 is 1.36 bits per heavy atom. The van der Waals surface area contributed by atoms with E-state index in [-0.39, 0.29) is 25.0 Å². The molecular formula is C15H21F3N2O5. The van der Waals surface area contributed by atoms with Gasteiger partial charge in [-0.25, -0.2) is 4.79 Å². The lowest BCUT2D eigenvalue weighted by atomic mass is 10.1. The van der Waals surface area contributed by atoms with Crippen LogP contribution >= 0.6 is 0 Å². The number of aliphatic carboxylic acids is 1. The second-order valence-electron chi connectivity index (χ2n) is 4.93. The monoisotopic (exact) mass is 366 g/mol. The number of alkyl halides is 3. The summed E-state index contributed by atoms with van der Waals surface area (Å²) < 4.78 is 36.9. The number of hydrogen-bond donors (Lipinski definition) is 4. The highest BCUT2D eigenvalue weighted by Crippen LogP contribution is 2.18. The van der Waals surface area contributed by atoms with Crippen LogP contribution in [0.5, 0.6) is 5.75 Å². The van der Waals surface area contributed by atoms with Gasteiger partial charge in [0, 0.05) is 6.61 Å². The summed E-state index contributed by atoms with van der Waals surface area (Å²) in [5, 5.41) is 18.7. The van der Waals surface area contributed by atoms with E-state index < -0.39 is 18.2 Å². The Hall–Kier alpha value is -2.33. The minimum atomic E-state index is -5.08. The molecule has 1 aromatic rings. The van der Waals surface area contributed by atoms with Gasteiger partial charge in [-0.3, -0.25) is 4.79 Å². The van der Waals surface area contributed by atoms with Crippen molar-refractivity contribution in [2.75, 3.05) is 13.7 Å². The van der Waals surface area contributed by atoms with Crippen LogP contribution in [-0.2, 0) is 9.59 Å². The molecule has 10 heteroatoms. The first-order valence-corrected chi connectivity index (χ1v) is 7.13. The average molecular weight is 366 g/mol. The molecule has 0 saturated heterocycles. The number of hydrogen-bond acceptors (Lipinski definition) is 5. The molecule has 5 N–H and O–H groups in total. The molecule has 0 aromatic heterocycles. The SMILES string of the molecule is COc1cccc([C@@H](C)NC(=O)[C@H](N)CCO)c1.O=C(O)C(F)(F)F. The number of carboxylic acid groups (broad SMARTS) is 1. The van der Waals surface area contributed by atoms with Crippen LogP contribution in [0.25, 0.3) is 0 Å². The maximum atomic E-state index is 11.7. The number of carbonyl (C=O) groups excluding carboxylic acids is 1. The number of ether oxygens (including phenoxy) is 1. The van der Waals surface area contributed by atoms with Gasteiger partial charge in [-0.1, -0.05) is 12.1 Å². The van der Waals surface area contributed by atoms with Gasteiger partial charge in [0.25, 0.3) is 0 Å². The van der Waals surface area contributed by atoms with Crippen LogP contribution in [0.1, 0.15) is 24.9 Å². The molecule has 0 aliphatic heterocycles. The van der Waals surface area contributed by atoms with E-state index in [0.717, 1.165) is 11.3 Å². The Kier molecular flexibility index (Phi) is 9.54. The molecule has 2 atom stereocenters. The van der Waals surface area contributed by atoms with Gasteiger partial charge in [-0.15, -0.1) is 0 Å². The van der Waals surface area contributed by atoms with Crippen molar-refractivity contribution in [3.05, 3.63) is 29.8 Å². The number of aliphatic hydroxyl groups is 1. The Morgan fingerprint density at radius 2 is 1.92 bits per heavy atom. The van der Waals surface area contributed by atoms with Crippen molar-refractivity contribution in [2.24, 2.45) is 5.73 Å². The Morgan fingerprint density at radius 3 is 2.36 bits per heavy atom. The first-order chi connectivity index (χ1) is 11.5. The predicted molar refractivity (Wildman–Crippen MR) is 82.9 cm³/mol. The van der Waals surface area contributed by atoms with Crippen LogP contribution in [0.2, 0.25) is 0 Å². The molecule has 1 aromatic carbocycles. The van der Waals surface area contributed by atoms with Crippen LogP contribution in [0.3, 0.4) is 0 Å². The number of nitrogens with two attached hydrogens (primary N) is 1. The quantitative estimate of drug-likeness (QED) is 0.600. The molecule has 0 bridgehead atoms. The number of halogens is 3. The van der Waals surface area contributed by atoms with Crippen LogP contribution < -0.4 is 15.8 Å². The summed E-state index contributed by atoms with van der Waals surface area (Å²) in [5.74, 6) is -2.28. The molecule has 142 valence electrons. The van der Waals surface area contributed by atoms with E-state index in [2.05, 4.69) is 5.32 Å². The van der Waals surface area contributed by atoms with E-state index in [9.17, 15) is 18.0 Å². The smallest absolute Gasteiger partial charge is 0.490 e. The summed E-state index contributed by atoms with van der Waals surface area (Å²) in [5.41, 5.74) is 6.56. The third-order valence-electron chi connectivity index (χ3n) is 2.97. The van der Waals surface area contributed by atoms with E-state index in [4.69, 9.17) is 25.5 Å². The maximum absolute atomic E-state index is 11.7. The molecule has 0 radical (unpaired) electrons. The largest absolute Gasteiger partial charge is 0.497 e. The summed E-state index contributed by atoms with van der Waals surface area (Å²) in [7, 11) is 1.60. The lowest BCUT2D eigenvalue weighted by molar-refractivity contribution is -0.192. The molecular weight excluding hydrogens is 345 g/mol. The summed E-state index contributed by atoms with van der Waals surface area (Å²) >= 11 is 0. The first kappa shape index (κ1) is 22.7. The van der Waals surface area contributed by atoms with Crippen molar-refractivity contribution in [1.82, 2.24) is 5.32 Å². The number of aliphatic hydroxyl groups excluding tert-OH is 1. The number of benzene rings is 1. The molecule has 1 rings (SSSR count). The van der Waals surface area contributed by atoms with Gasteiger partial charge in [0.05, 0.1) is 19.2 Å². The van der Waals surface area contributed by atoms with E-state index in [1.54, 1.807) is 7.11 Å². The van der Waals surface area contributed by atoms with Gasteiger partial charge in [-0.05, 0) is 31.0 Å². The molecule has 0 aliphatic rings. The zero-order valence-electron chi connectivity index (χ0n) is 13.7. The minimum Gasteiger partial charge on any atom is -0.497 e. The summed E-state index contributed by atoms with van der Waals surface area (Å²) in [6.45, 7) is 1.78. The fourth-order valence-electron chi connectivity index (χ4n) is 1.58. The summed E-state index contributed by atoms with van der Waals surface area (Å²) in [6, 6.07) is 6.65. The van der Waals surface area contributed by atoms with E-state index in [1.165, 1.54) is 0 Å². The third-order valence-corrected chi connectivity index (χ3v) is 2.97. The van der Waals surface area contributed by atoms with Crippen molar-refractivity contribution >= 4 is 11.9 Å². The Balaban J connectivity index is 0.000000697. The number of amides is 1. The Labute approximate surface area is 142 Å². The predicted octanol–water partition coefficient (Wildman–Crippen LogP) is 1.22. The van der Waals surface area contributed by atoms with Gasteiger partial charge in [-0.2, -0.15) is 13.2 Å². The minimum absolute atomic E-state index is 0.0951. The fourth-order valence-corrected chi connectivity index (χ4v) is 1.58. The highest BCUT2D eigenvalue weighted by atomic mass is 19.4. The van der Waals surface area contributed by atoms with Crippen molar-refractivity contribution in [1.29, 1.82) is 0 Å². The number of carboxylic acids is 1. The Bertz CT molecular complexity index is 566. The standard InChI is InChI=1S/C13H20N2O3.C2HF3O2/c1-9(15-13(17)12(14)6-7-16)10-4-3-5-11(8-10)18-2;3-2(4,5)1(6)7/h3-5,8-9,12,16H,6-7,14H2,1-2H3,(H,15,17);(H,6,7)/t9-,12-;/m1./s1. The van der Waals surface area contributed by atoms with Crippen LogP contribution in [0, 0.1) is 0 Å². The molecule has 0 unspecified atom stereocenters. The first-order valence-electron chi connectivity index (χ1n) is 7.13. The summed E-state index contributed by atoms with van der Waals surface area (Å²) in [4.78, 5) is 20.6. The molecule has 1 amide bonds. The van der Waals surface area contributed by atoms with Crippen LogP contribution in [-0.4, -0.2) is 48.0 Å². The second-order valence-corrected chi connectivity index (χ2v) is 4.93. The van der Waals surface area contributed by atoms with Gasteiger partial charge >= 0.3 is 12.1 Å². The molecule has 0 spiro atoms. The summed E-state index contributed by atoms with van der Waals surface area (Å²) in [6.07, 6.45) is -4.82. The maximum Gasteiger partial charge on any atom is 0.490 e. The molecule has 0 saturated carbocycles. The van der Waals surface area contributed by atoms with Crippen molar-refractivity contribution in [3.63, 3.8) is 0 Å². The van der Waals surface area contributed by atoms with Crippen LogP contribution in [0.4, 0.5) is 13.2 Å². The van der Waals surface area contributed by atoms with E-state index >= 15 is 0 Å². The normalized spacial score (nSPS) is 13.1. The van der Waals surface area contributed by atoms with Crippen molar-refractivity contribution < 1.29 is 37.7 Å². The number of rotatable bonds is 6. The van der Waals surface area contributed by atoms with E-state index in [0.29, 0.717) is 0 Å². The molecule has 25 heavy (non-hydrogen) atoms. The number of carbonyl (C=O) groups is 2. The van der Waals surface area contributed by atoms with Gasteiger partial charge in [0.1, 0.15) is 5.75 Å². The van der Waals surface area contributed by atoms with Crippen LogP contribution in [0.15, 0.2) is 24.3 Å². The number of nitrogens with one attached hydrogen (secondary N) is 1. The highest BCUT2D eigenvalue weighted by Gasteiger charge is 2.38. The van der Waals surface area contributed by atoms with Gasteiger partial charge in [0.15, 0.2) is 0 Å².